The minimum absolute atomic E-state index is 0.0700. The lowest BCUT2D eigenvalue weighted by Crippen LogP contribution is -2.30. The molecule has 2 aliphatic carbocycles. The normalized spacial score (nSPS) is 23.1. The summed E-state index contributed by atoms with van der Waals surface area (Å²) in [5.41, 5.74) is 1.21. The molecule has 1 aromatic rings. The van der Waals surface area contributed by atoms with Crippen LogP contribution in [0.4, 0.5) is 5.69 Å². The molecular weight excluding hydrogens is 312 g/mol. The van der Waals surface area contributed by atoms with Gasteiger partial charge >= 0.3 is 0 Å². The average Bonchev–Trinajstić information content (AvgIpc) is 3.44. The van der Waals surface area contributed by atoms with E-state index in [9.17, 15) is 9.59 Å². The molecule has 0 heterocycles. The van der Waals surface area contributed by atoms with E-state index in [-0.39, 0.29) is 17.7 Å². The Morgan fingerprint density at radius 1 is 1.04 bits per heavy atom. The van der Waals surface area contributed by atoms with Crippen molar-refractivity contribution >= 4 is 17.5 Å². The molecule has 25 heavy (non-hydrogen) atoms. The fourth-order valence-corrected chi connectivity index (χ4v) is 3.72. The van der Waals surface area contributed by atoms with Crippen molar-refractivity contribution in [2.75, 3.05) is 5.32 Å². The van der Waals surface area contributed by atoms with Crippen LogP contribution in [0.5, 0.6) is 0 Å². The number of anilines is 1. The second-order valence-corrected chi connectivity index (χ2v) is 7.64. The highest BCUT2D eigenvalue weighted by atomic mass is 16.2. The van der Waals surface area contributed by atoms with Gasteiger partial charge in [-0.1, -0.05) is 38.3 Å². The SMILES string of the molecule is CCCCC1CCC(C(=O)Nc2ccccc2C(=O)NC2CC2)CC1. The Labute approximate surface area is 150 Å². The summed E-state index contributed by atoms with van der Waals surface area (Å²) < 4.78 is 0. The van der Waals surface area contributed by atoms with Gasteiger partial charge in [-0.2, -0.15) is 0 Å². The number of hydrogen-bond donors (Lipinski definition) is 2. The summed E-state index contributed by atoms with van der Waals surface area (Å²) in [6.07, 6.45) is 10.2. The maximum atomic E-state index is 12.7. The second kappa shape index (κ2) is 8.50. The van der Waals surface area contributed by atoms with E-state index in [0.29, 0.717) is 17.3 Å². The van der Waals surface area contributed by atoms with Gasteiger partial charge in [0.25, 0.3) is 5.91 Å². The number of unbranched alkanes of at least 4 members (excludes halogenated alkanes) is 1. The zero-order valence-electron chi connectivity index (χ0n) is 15.2. The van der Waals surface area contributed by atoms with E-state index in [2.05, 4.69) is 17.6 Å². The van der Waals surface area contributed by atoms with E-state index in [1.165, 1.54) is 19.3 Å². The Morgan fingerprint density at radius 2 is 1.76 bits per heavy atom. The standard InChI is InChI=1S/C21H30N2O2/c1-2-3-6-15-9-11-16(12-10-15)20(24)23-19-8-5-4-7-18(19)21(25)22-17-13-14-17/h4-5,7-8,15-17H,2-3,6,9-14H2,1H3,(H,22,25)(H,23,24). The summed E-state index contributed by atoms with van der Waals surface area (Å²) in [7, 11) is 0. The number of para-hydroxylation sites is 1. The maximum Gasteiger partial charge on any atom is 0.253 e. The van der Waals surface area contributed by atoms with E-state index in [4.69, 9.17) is 0 Å². The predicted octanol–water partition coefficient (Wildman–Crippen LogP) is 4.51. The summed E-state index contributed by atoms with van der Waals surface area (Å²) in [5, 5.41) is 6.01. The lowest BCUT2D eigenvalue weighted by Gasteiger charge is -2.28. The van der Waals surface area contributed by atoms with Gasteiger partial charge in [-0.25, -0.2) is 0 Å². The lowest BCUT2D eigenvalue weighted by atomic mass is 9.79. The fraction of sp³-hybridized carbons (Fsp3) is 0.619. The molecule has 2 saturated carbocycles. The van der Waals surface area contributed by atoms with Gasteiger partial charge in [-0.05, 0) is 56.6 Å². The number of carbonyl (C=O) groups excluding carboxylic acids is 2. The Balaban J connectivity index is 1.55. The first-order valence-electron chi connectivity index (χ1n) is 9.88. The number of carbonyl (C=O) groups is 2. The van der Waals surface area contributed by atoms with Crippen molar-refractivity contribution in [1.29, 1.82) is 0 Å². The van der Waals surface area contributed by atoms with Crippen LogP contribution in [-0.2, 0) is 4.79 Å². The highest BCUT2D eigenvalue weighted by molar-refractivity contribution is 6.04. The third-order valence-corrected chi connectivity index (χ3v) is 5.53. The highest BCUT2D eigenvalue weighted by Gasteiger charge is 2.28. The summed E-state index contributed by atoms with van der Waals surface area (Å²) in [5.74, 6) is 0.861. The number of rotatable bonds is 7. The van der Waals surface area contributed by atoms with Crippen LogP contribution in [0.1, 0.15) is 75.1 Å². The van der Waals surface area contributed by atoms with Crippen molar-refractivity contribution in [3.63, 3.8) is 0 Å². The molecule has 2 fully saturated rings. The van der Waals surface area contributed by atoms with Crippen LogP contribution in [0.25, 0.3) is 0 Å². The molecule has 2 N–H and O–H groups in total. The number of nitrogens with one attached hydrogen (secondary N) is 2. The average molecular weight is 342 g/mol. The molecule has 0 bridgehead atoms. The summed E-state index contributed by atoms with van der Waals surface area (Å²) in [4.78, 5) is 25.0. The highest BCUT2D eigenvalue weighted by Crippen LogP contribution is 2.33. The summed E-state index contributed by atoms with van der Waals surface area (Å²) in [6, 6.07) is 7.64. The molecule has 0 unspecified atom stereocenters. The van der Waals surface area contributed by atoms with Gasteiger partial charge in [0.05, 0.1) is 11.3 Å². The van der Waals surface area contributed by atoms with Gasteiger partial charge in [0.1, 0.15) is 0 Å². The first-order chi connectivity index (χ1) is 12.2. The topological polar surface area (TPSA) is 58.2 Å². The molecular formula is C21H30N2O2. The molecule has 0 aliphatic heterocycles. The molecule has 0 aromatic heterocycles. The molecule has 0 spiro atoms. The van der Waals surface area contributed by atoms with E-state index >= 15 is 0 Å². The van der Waals surface area contributed by atoms with Gasteiger partial charge < -0.3 is 10.6 Å². The second-order valence-electron chi connectivity index (χ2n) is 7.64. The van der Waals surface area contributed by atoms with Gasteiger partial charge in [0, 0.05) is 12.0 Å². The molecule has 2 amide bonds. The fourth-order valence-electron chi connectivity index (χ4n) is 3.72. The smallest absolute Gasteiger partial charge is 0.253 e. The molecule has 0 atom stereocenters. The van der Waals surface area contributed by atoms with Crippen molar-refractivity contribution in [1.82, 2.24) is 5.32 Å². The summed E-state index contributed by atoms with van der Waals surface area (Å²) >= 11 is 0. The van der Waals surface area contributed by atoms with E-state index in [0.717, 1.165) is 44.4 Å². The Kier molecular flexibility index (Phi) is 6.11. The number of amides is 2. The van der Waals surface area contributed by atoms with Crippen LogP contribution in [0, 0.1) is 11.8 Å². The zero-order chi connectivity index (χ0) is 17.6. The van der Waals surface area contributed by atoms with Crippen molar-refractivity contribution in [2.24, 2.45) is 11.8 Å². The summed E-state index contributed by atoms with van der Waals surface area (Å²) in [6.45, 7) is 2.23. The Bertz CT molecular complexity index is 602. The monoisotopic (exact) mass is 342 g/mol. The zero-order valence-corrected chi connectivity index (χ0v) is 15.2. The van der Waals surface area contributed by atoms with Crippen LogP contribution < -0.4 is 10.6 Å². The number of benzene rings is 1. The molecule has 3 rings (SSSR count). The molecule has 4 nitrogen and oxygen atoms in total. The molecule has 2 aliphatic rings. The molecule has 4 heteroatoms. The molecule has 1 aromatic carbocycles. The molecule has 0 saturated heterocycles. The minimum Gasteiger partial charge on any atom is -0.349 e. The van der Waals surface area contributed by atoms with Gasteiger partial charge in [-0.3, -0.25) is 9.59 Å². The largest absolute Gasteiger partial charge is 0.349 e. The first kappa shape index (κ1) is 18.0. The van der Waals surface area contributed by atoms with Crippen LogP contribution in [0.2, 0.25) is 0 Å². The third-order valence-electron chi connectivity index (χ3n) is 5.53. The van der Waals surface area contributed by atoms with Crippen LogP contribution in [-0.4, -0.2) is 17.9 Å². The Morgan fingerprint density at radius 3 is 2.44 bits per heavy atom. The Hall–Kier alpha value is -1.84. The van der Waals surface area contributed by atoms with Crippen molar-refractivity contribution in [3.8, 4) is 0 Å². The van der Waals surface area contributed by atoms with Crippen molar-refractivity contribution < 1.29 is 9.59 Å². The van der Waals surface area contributed by atoms with Crippen LogP contribution >= 0.6 is 0 Å². The van der Waals surface area contributed by atoms with Gasteiger partial charge in [0.15, 0.2) is 0 Å². The van der Waals surface area contributed by atoms with E-state index in [1.54, 1.807) is 6.07 Å². The predicted molar refractivity (Wildman–Crippen MR) is 101 cm³/mol. The molecule has 0 radical (unpaired) electrons. The minimum atomic E-state index is -0.0818. The van der Waals surface area contributed by atoms with Crippen molar-refractivity contribution in [2.45, 2.75) is 70.8 Å². The lowest BCUT2D eigenvalue weighted by molar-refractivity contribution is -0.121. The van der Waals surface area contributed by atoms with Gasteiger partial charge in [0.2, 0.25) is 5.91 Å². The van der Waals surface area contributed by atoms with Gasteiger partial charge in [-0.15, -0.1) is 0 Å². The first-order valence-corrected chi connectivity index (χ1v) is 9.88. The maximum absolute atomic E-state index is 12.7. The molecule has 136 valence electrons. The van der Waals surface area contributed by atoms with Crippen LogP contribution in [0.3, 0.4) is 0 Å². The quantitative estimate of drug-likeness (QED) is 0.766. The van der Waals surface area contributed by atoms with Crippen LogP contribution in [0.15, 0.2) is 24.3 Å². The van der Waals surface area contributed by atoms with Crippen molar-refractivity contribution in [3.05, 3.63) is 29.8 Å². The third kappa shape index (κ3) is 5.07. The van der Waals surface area contributed by atoms with E-state index < -0.39 is 0 Å². The van der Waals surface area contributed by atoms with E-state index in [1.807, 2.05) is 18.2 Å². The number of hydrogen-bond acceptors (Lipinski definition) is 2.